The van der Waals surface area contributed by atoms with Crippen LogP contribution in [0, 0.1) is 13.8 Å². The highest BCUT2D eigenvalue weighted by molar-refractivity contribution is 5.90. The minimum Gasteiger partial charge on any atom is -0.508 e. The highest BCUT2D eigenvalue weighted by Crippen LogP contribution is 2.19. The molecule has 0 saturated carbocycles. The van der Waals surface area contributed by atoms with Gasteiger partial charge in [0.15, 0.2) is 0 Å². The van der Waals surface area contributed by atoms with Crippen LogP contribution in [0.15, 0.2) is 36.4 Å². The molecule has 0 spiro atoms. The van der Waals surface area contributed by atoms with E-state index in [9.17, 15) is 9.59 Å². The van der Waals surface area contributed by atoms with E-state index < -0.39 is 5.97 Å². The minimum absolute atomic E-state index is 0.0184. The maximum absolute atomic E-state index is 11.1. The van der Waals surface area contributed by atoms with Gasteiger partial charge >= 0.3 is 11.9 Å². The number of esters is 1. The predicted octanol–water partition coefficient (Wildman–Crippen LogP) is 3.19. The third-order valence-electron chi connectivity index (χ3n) is 3.29. The van der Waals surface area contributed by atoms with Crippen molar-refractivity contribution >= 4 is 11.9 Å². The van der Waals surface area contributed by atoms with Crippen LogP contribution in [-0.2, 0) is 4.74 Å². The van der Waals surface area contributed by atoms with Crippen molar-refractivity contribution in [1.29, 1.82) is 0 Å². The Kier molecular flexibility index (Phi) is 6.79. The van der Waals surface area contributed by atoms with E-state index in [1.807, 2.05) is 13.0 Å². The highest BCUT2D eigenvalue weighted by atomic mass is 16.5. The number of benzene rings is 2. The van der Waals surface area contributed by atoms with Gasteiger partial charge in [-0.15, -0.1) is 0 Å². The van der Waals surface area contributed by atoms with Crippen LogP contribution in [0.5, 0.6) is 11.5 Å². The third-order valence-corrected chi connectivity index (χ3v) is 3.29. The first-order chi connectivity index (χ1) is 11.3. The van der Waals surface area contributed by atoms with Crippen molar-refractivity contribution < 1.29 is 29.3 Å². The zero-order valence-electron chi connectivity index (χ0n) is 14.0. The molecule has 0 fully saturated rings. The molecule has 0 aliphatic heterocycles. The maximum Gasteiger partial charge on any atom is 0.337 e. The summed E-state index contributed by atoms with van der Waals surface area (Å²) in [5, 5.41) is 17.6. The Bertz CT molecular complexity index is 736. The molecule has 0 saturated heterocycles. The summed E-state index contributed by atoms with van der Waals surface area (Å²) in [6.45, 7) is 3.63. The highest BCUT2D eigenvalue weighted by Gasteiger charge is 2.07. The second-order valence-electron chi connectivity index (χ2n) is 4.98. The second kappa shape index (κ2) is 8.57. The lowest BCUT2D eigenvalue weighted by molar-refractivity contribution is 0.0599. The van der Waals surface area contributed by atoms with Gasteiger partial charge in [-0.05, 0) is 49.2 Å². The molecule has 0 radical (unpaired) electrons. The SMILES string of the molecule is COC(=O)c1ccc(C)c(OC)c1.Cc1ccc(C(=O)O)cc1O. The molecule has 2 N–H and O–H groups in total. The molecule has 0 bridgehead atoms. The van der Waals surface area contributed by atoms with E-state index in [1.54, 1.807) is 32.2 Å². The molecule has 2 aromatic rings. The van der Waals surface area contributed by atoms with E-state index in [0.29, 0.717) is 16.9 Å². The van der Waals surface area contributed by atoms with Crippen molar-refractivity contribution in [2.45, 2.75) is 13.8 Å². The number of ether oxygens (including phenoxy) is 2. The molecule has 128 valence electrons. The third kappa shape index (κ3) is 5.01. The lowest BCUT2D eigenvalue weighted by Gasteiger charge is -2.05. The average Bonchev–Trinajstić information content (AvgIpc) is 2.57. The van der Waals surface area contributed by atoms with Crippen molar-refractivity contribution in [1.82, 2.24) is 0 Å². The van der Waals surface area contributed by atoms with Gasteiger partial charge in [0.1, 0.15) is 11.5 Å². The lowest BCUT2D eigenvalue weighted by atomic mass is 10.1. The number of aryl methyl sites for hydroxylation is 2. The molecule has 24 heavy (non-hydrogen) atoms. The molecule has 2 aromatic carbocycles. The summed E-state index contributed by atoms with van der Waals surface area (Å²) in [5.41, 5.74) is 2.28. The number of carbonyl (C=O) groups excluding carboxylic acids is 1. The van der Waals surface area contributed by atoms with E-state index in [0.717, 1.165) is 5.56 Å². The van der Waals surface area contributed by atoms with E-state index in [4.69, 9.17) is 14.9 Å². The van der Waals surface area contributed by atoms with Gasteiger partial charge in [-0.3, -0.25) is 0 Å². The number of aromatic carboxylic acids is 1. The number of carboxylic acids is 1. The van der Waals surface area contributed by atoms with Crippen LogP contribution >= 0.6 is 0 Å². The first-order valence-electron chi connectivity index (χ1n) is 7.06. The number of carbonyl (C=O) groups is 2. The van der Waals surface area contributed by atoms with Crippen molar-refractivity contribution in [2.75, 3.05) is 14.2 Å². The fourth-order valence-corrected chi connectivity index (χ4v) is 1.81. The van der Waals surface area contributed by atoms with Crippen molar-refractivity contribution in [3.63, 3.8) is 0 Å². The number of carboxylic acid groups (broad SMARTS) is 1. The van der Waals surface area contributed by atoms with Crippen LogP contribution in [0.2, 0.25) is 0 Å². The standard InChI is InChI=1S/C10H12O3.C8H8O3/c1-7-4-5-8(10(11)13-3)6-9(7)12-2;1-5-2-3-6(8(10)11)4-7(5)9/h4-6H,1-3H3;2-4,9H,1H3,(H,10,11). The van der Waals surface area contributed by atoms with Gasteiger partial charge in [0.25, 0.3) is 0 Å². The van der Waals surface area contributed by atoms with E-state index in [2.05, 4.69) is 4.74 Å². The summed E-state index contributed by atoms with van der Waals surface area (Å²) in [6, 6.07) is 9.46. The van der Waals surface area contributed by atoms with Gasteiger partial charge in [-0.2, -0.15) is 0 Å². The number of rotatable bonds is 3. The monoisotopic (exact) mass is 332 g/mol. The molecule has 0 aromatic heterocycles. The van der Waals surface area contributed by atoms with Crippen LogP contribution in [-0.4, -0.2) is 36.4 Å². The van der Waals surface area contributed by atoms with Gasteiger partial charge in [-0.1, -0.05) is 12.1 Å². The number of phenolic OH excluding ortho intramolecular Hbond substituents is 1. The molecule has 0 unspecified atom stereocenters. The Hall–Kier alpha value is -3.02. The average molecular weight is 332 g/mol. The topological polar surface area (TPSA) is 93.1 Å². The summed E-state index contributed by atoms with van der Waals surface area (Å²) in [5.74, 6) is -0.661. The lowest BCUT2D eigenvalue weighted by Crippen LogP contribution is -2.01. The first-order valence-corrected chi connectivity index (χ1v) is 7.06. The van der Waals surface area contributed by atoms with Crippen LogP contribution < -0.4 is 4.74 Å². The van der Waals surface area contributed by atoms with Crippen molar-refractivity contribution in [3.05, 3.63) is 58.7 Å². The number of aromatic hydroxyl groups is 1. The molecule has 6 heteroatoms. The fourth-order valence-electron chi connectivity index (χ4n) is 1.81. The van der Waals surface area contributed by atoms with Crippen molar-refractivity contribution in [2.24, 2.45) is 0 Å². The molecule has 2 rings (SSSR count). The molecule has 0 atom stereocenters. The summed E-state index contributed by atoms with van der Waals surface area (Å²) in [7, 11) is 2.93. The Morgan fingerprint density at radius 1 is 0.917 bits per heavy atom. The Balaban J connectivity index is 0.000000243. The molecule has 0 amide bonds. The zero-order valence-corrected chi connectivity index (χ0v) is 14.0. The number of hydrogen-bond acceptors (Lipinski definition) is 5. The molecular weight excluding hydrogens is 312 g/mol. The normalized spacial score (nSPS) is 9.50. The smallest absolute Gasteiger partial charge is 0.337 e. The Labute approximate surface area is 140 Å². The van der Waals surface area contributed by atoms with Crippen LogP contribution in [0.1, 0.15) is 31.8 Å². The van der Waals surface area contributed by atoms with Crippen molar-refractivity contribution in [3.8, 4) is 11.5 Å². The molecule has 0 heterocycles. The van der Waals surface area contributed by atoms with Gasteiger partial charge in [-0.25, -0.2) is 9.59 Å². The Morgan fingerprint density at radius 3 is 2.00 bits per heavy atom. The summed E-state index contributed by atoms with van der Waals surface area (Å²) in [4.78, 5) is 21.5. The van der Waals surface area contributed by atoms with Crippen LogP contribution in [0.25, 0.3) is 0 Å². The summed E-state index contributed by atoms with van der Waals surface area (Å²) in [6.07, 6.45) is 0. The fraction of sp³-hybridized carbons (Fsp3) is 0.222. The second-order valence-corrected chi connectivity index (χ2v) is 4.98. The summed E-state index contributed by atoms with van der Waals surface area (Å²) < 4.78 is 9.65. The molecule has 6 nitrogen and oxygen atoms in total. The quantitative estimate of drug-likeness (QED) is 0.839. The first kappa shape index (κ1) is 19.0. The van der Waals surface area contributed by atoms with E-state index in [-0.39, 0.29) is 17.3 Å². The van der Waals surface area contributed by atoms with Crippen LogP contribution in [0.3, 0.4) is 0 Å². The number of methoxy groups -OCH3 is 2. The molecule has 0 aliphatic rings. The van der Waals surface area contributed by atoms with Gasteiger partial charge < -0.3 is 19.7 Å². The maximum atomic E-state index is 11.1. The molecular formula is C18H20O6. The number of hydrogen-bond donors (Lipinski definition) is 2. The van der Waals surface area contributed by atoms with E-state index >= 15 is 0 Å². The number of phenols is 1. The zero-order chi connectivity index (χ0) is 18.3. The van der Waals surface area contributed by atoms with Gasteiger partial charge in [0.05, 0.1) is 25.3 Å². The largest absolute Gasteiger partial charge is 0.508 e. The van der Waals surface area contributed by atoms with Gasteiger partial charge in [0, 0.05) is 0 Å². The summed E-state index contributed by atoms with van der Waals surface area (Å²) >= 11 is 0. The van der Waals surface area contributed by atoms with Gasteiger partial charge in [0.2, 0.25) is 0 Å². The minimum atomic E-state index is -1.03. The molecule has 0 aliphatic carbocycles. The predicted molar refractivity (Wildman–Crippen MR) is 88.9 cm³/mol. The van der Waals surface area contributed by atoms with Crippen LogP contribution in [0.4, 0.5) is 0 Å². The van der Waals surface area contributed by atoms with E-state index in [1.165, 1.54) is 19.2 Å². The Morgan fingerprint density at radius 2 is 1.50 bits per heavy atom.